The molecule has 4 atom stereocenters. The number of hydrogen-bond donors (Lipinski definition) is 1. The summed E-state index contributed by atoms with van der Waals surface area (Å²) in [6.45, 7) is 2.62. The van der Waals surface area contributed by atoms with Gasteiger partial charge in [-0.1, -0.05) is 12.8 Å². The normalized spacial score (nSPS) is 43.8. The van der Waals surface area contributed by atoms with Crippen molar-refractivity contribution in [3.63, 3.8) is 0 Å². The van der Waals surface area contributed by atoms with E-state index in [1.807, 2.05) is 0 Å². The van der Waals surface area contributed by atoms with Crippen LogP contribution in [0.3, 0.4) is 0 Å². The van der Waals surface area contributed by atoms with Crippen molar-refractivity contribution in [3.8, 4) is 0 Å². The second kappa shape index (κ2) is 4.79. The molecular formula is C16H28N2. The number of fused-ring (bicyclic) bond motifs is 2. The van der Waals surface area contributed by atoms with Crippen molar-refractivity contribution in [2.45, 2.75) is 75.9 Å². The Morgan fingerprint density at radius 3 is 2.50 bits per heavy atom. The highest BCUT2D eigenvalue weighted by molar-refractivity contribution is 5.00. The van der Waals surface area contributed by atoms with Crippen molar-refractivity contribution in [1.82, 2.24) is 10.2 Å². The highest BCUT2D eigenvalue weighted by Crippen LogP contribution is 2.48. The molecule has 1 N–H and O–H groups in total. The molecule has 102 valence electrons. The fraction of sp³-hybridized carbons (Fsp3) is 1.00. The fourth-order valence-electron chi connectivity index (χ4n) is 4.91. The Labute approximate surface area is 111 Å². The first-order chi connectivity index (χ1) is 8.90. The lowest BCUT2D eigenvalue weighted by Crippen LogP contribution is -2.49. The molecule has 4 fully saturated rings. The van der Waals surface area contributed by atoms with Crippen molar-refractivity contribution < 1.29 is 0 Å². The van der Waals surface area contributed by atoms with Gasteiger partial charge in [-0.05, 0) is 63.3 Å². The van der Waals surface area contributed by atoms with Crippen LogP contribution in [-0.4, -0.2) is 36.1 Å². The molecule has 3 aliphatic carbocycles. The number of piperidine rings is 1. The molecule has 0 amide bonds. The van der Waals surface area contributed by atoms with Crippen LogP contribution in [0.5, 0.6) is 0 Å². The van der Waals surface area contributed by atoms with E-state index in [-0.39, 0.29) is 0 Å². The Bertz CT molecular complexity index is 293. The molecule has 0 aromatic rings. The molecular weight excluding hydrogens is 220 g/mol. The predicted octanol–water partition coefficient (Wildman–Crippen LogP) is 2.78. The van der Waals surface area contributed by atoms with E-state index in [4.69, 9.17) is 0 Å². The van der Waals surface area contributed by atoms with Crippen molar-refractivity contribution in [2.75, 3.05) is 13.1 Å². The van der Waals surface area contributed by atoms with Crippen LogP contribution < -0.4 is 5.32 Å². The van der Waals surface area contributed by atoms with Gasteiger partial charge in [-0.2, -0.15) is 0 Å². The summed E-state index contributed by atoms with van der Waals surface area (Å²) in [5.74, 6) is 2.17. The summed E-state index contributed by atoms with van der Waals surface area (Å²) in [5.41, 5.74) is 0. The van der Waals surface area contributed by atoms with Crippen LogP contribution in [0.25, 0.3) is 0 Å². The molecule has 1 aliphatic heterocycles. The standard InChI is InChI=1S/C16H28N2/c1-2-8-17-14(3-1)11-18(15-6-7-15)16-10-12-4-5-13(16)9-12/h12-17H,1-11H2. The minimum atomic E-state index is 0.804. The predicted molar refractivity (Wildman–Crippen MR) is 74.6 cm³/mol. The highest BCUT2D eigenvalue weighted by atomic mass is 15.2. The van der Waals surface area contributed by atoms with Gasteiger partial charge in [0, 0.05) is 24.7 Å². The van der Waals surface area contributed by atoms with Gasteiger partial charge in [0.1, 0.15) is 0 Å². The molecule has 4 unspecified atom stereocenters. The summed E-state index contributed by atoms with van der Waals surface area (Å²) in [5, 5.41) is 3.76. The third-order valence-corrected chi connectivity index (χ3v) is 5.99. The Hall–Kier alpha value is -0.0800. The molecule has 0 aromatic heterocycles. The lowest BCUT2D eigenvalue weighted by atomic mass is 9.93. The first-order valence-electron chi connectivity index (χ1n) is 8.39. The molecule has 3 saturated carbocycles. The van der Waals surface area contributed by atoms with Gasteiger partial charge in [0.25, 0.3) is 0 Å². The van der Waals surface area contributed by atoms with Gasteiger partial charge < -0.3 is 5.32 Å². The van der Waals surface area contributed by atoms with Crippen LogP contribution in [0.15, 0.2) is 0 Å². The minimum absolute atomic E-state index is 0.804. The van der Waals surface area contributed by atoms with E-state index in [0.29, 0.717) is 0 Å². The van der Waals surface area contributed by atoms with Crippen LogP contribution in [0, 0.1) is 11.8 Å². The maximum Gasteiger partial charge on any atom is 0.0195 e. The van der Waals surface area contributed by atoms with Gasteiger partial charge in [0.15, 0.2) is 0 Å². The average molecular weight is 248 g/mol. The van der Waals surface area contributed by atoms with Gasteiger partial charge >= 0.3 is 0 Å². The zero-order valence-corrected chi connectivity index (χ0v) is 11.6. The van der Waals surface area contributed by atoms with Crippen molar-refractivity contribution in [3.05, 3.63) is 0 Å². The van der Waals surface area contributed by atoms with Gasteiger partial charge in [-0.3, -0.25) is 4.90 Å². The van der Waals surface area contributed by atoms with E-state index >= 15 is 0 Å². The maximum atomic E-state index is 3.76. The number of rotatable bonds is 4. The molecule has 4 aliphatic rings. The van der Waals surface area contributed by atoms with E-state index < -0.39 is 0 Å². The molecule has 2 nitrogen and oxygen atoms in total. The summed E-state index contributed by atoms with van der Waals surface area (Å²) in [6, 6.07) is 2.75. The topological polar surface area (TPSA) is 15.3 Å². The van der Waals surface area contributed by atoms with Gasteiger partial charge in [0.2, 0.25) is 0 Å². The fourth-order valence-corrected chi connectivity index (χ4v) is 4.91. The Kier molecular flexibility index (Phi) is 3.12. The van der Waals surface area contributed by atoms with Crippen LogP contribution in [0.2, 0.25) is 0 Å². The van der Waals surface area contributed by atoms with E-state index in [0.717, 1.165) is 30.0 Å². The number of nitrogens with zero attached hydrogens (tertiary/aromatic N) is 1. The van der Waals surface area contributed by atoms with Crippen LogP contribution in [-0.2, 0) is 0 Å². The van der Waals surface area contributed by atoms with Crippen LogP contribution >= 0.6 is 0 Å². The zero-order chi connectivity index (χ0) is 11.9. The Balaban J connectivity index is 1.41. The molecule has 1 saturated heterocycles. The Morgan fingerprint density at radius 1 is 0.944 bits per heavy atom. The molecule has 0 spiro atoms. The van der Waals surface area contributed by atoms with Crippen LogP contribution in [0.1, 0.15) is 57.8 Å². The zero-order valence-electron chi connectivity index (χ0n) is 11.6. The minimum Gasteiger partial charge on any atom is -0.313 e. The molecule has 18 heavy (non-hydrogen) atoms. The molecule has 0 radical (unpaired) electrons. The Morgan fingerprint density at radius 2 is 1.89 bits per heavy atom. The highest BCUT2D eigenvalue weighted by Gasteiger charge is 2.46. The number of hydrogen-bond acceptors (Lipinski definition) is 2. The van der Waals surface area contributed by atoms with Crippen molar-refractivity contribution >= 4 is 0 Å². The summed E-state index contributed by atoms with van der Waals surface area (Å²) in [7, 11) is 0. The van der Waals surface area contributed by atoms with Crippen molar-refractivity contribution in [1.29, 1.82) is 0 Å². The lowest BCUT2D eigenvalue weighted by molar-refractivity contribution is 0.114. The lowest BCUT2D eigenvalue weighted by Gasteiger charge is -2.38. The SMILES string of the molecule is C1CCC(CN(C2CC2)C2CC3CCC2C3)NC1. The summed E-state index contributed by atoms with van der Waals surface area (Å²) < 4.78 is 0. The van der Waals surface area contributed by atoms with Crippen LogP contribution in [0.4, 0.5) is 0 Å². The first kappa shape index (κ1) is 11.7. The molecule has 1 heterocycles. The van der Waals surface area contributed by atoms with Gasteiger partial charge in [-0.25, -0.2) is 0 Å². The smallest absolute Gasteiger partial charge is 0.0195 e. The third-order valence-electron chi connectivity index (χ3n) is 5.99. The van der Waals surface area contributed by atoms with Gasteiger partial charge in [0.05, 0.1) is 0 Å². The quantitative estimate of drug-likeness (QED) is 0.823. The third kappa shape index (κ3) is 2.22. The molecule has 0 aromatic carbocycles. The second-order valence-corrected chi connectivity index (χ2v) is 7.32. The van der Waals surface area contributed by atoms with E-state index in [1.54, 1.807) is 12.8 Å². The molecule has 2 heteroatoms. The molecule has 4 rings (SSSR count). The van der Waals surface area contributed by atoms with E-state index in [1.165, 1.54) is 58.0 Å². The monoisotopic (exact) mass is 248 g/mol. The summed E-state index contributed by atoms with van der Waals surface area (Å²) >= 11 is 0. The van der Waals surface area contributed by atoms with E-state index in [2.05, 4.69) is 10.2 Å². The number of nitrogens with one attached hydrogen (secondary N) is 1. The molecule has 2 bridgehead atoms. The summed E-state index contributed by atoms with van der Waals surface area (Å²) in [4.78, 5) is 2.95. The second-order valence-electron chi connectivity index (χ2n) is 7.32. The average Bonchev–Trinajstić information content (AvgIpc) is 3.04. The van der Waals surface area contributed by atoms with Crippen molar-refractivity contribution in [2.24, 2.45) is 11.8 Å². The maximum absolute atomic E-state index is 3.76. The first-order valence-corrected chi connectivity index (χ1v) is 8.39. The summed E-state index contributed by atoms with van der Waals surface area (Å²) in [6.07, 6.45) is 13.4. The largest absolute Gasteiger partial charge is 0.313 e. The van der Waals surface area contributed by atoms with Gasteiger partial charge in [-0.15, -0.1) is 0 Å². The van der Waals surface area contributed by atoms with E-state index in [9.17, 15) is 0 Å².